The lowest BCUT2D eigenvalue weighted by molar-refractivity contribution is 0.102. The number of rotatable bonds is 2. The van der Waals surface area contributed by atoms with Gasteiger partial charge in [-0.2, -0.15) is 5.26 Å². The Morgan fingerprint density at radius 3 is 2.65 bits per heavy atom. The normalized spacial score (nSPS) is 9.80. The van der Waals surface area contributed by atoms with Crippen molar-refractivity contribution >= 4 is 23.0 Å². The van der Waals surface area contributed by atoms with E-state index in [2.05, 4.69) is 11.4 Å². The fourth-order valence-corrected chi connectivity index (χ4v) is 1.90. The largest absolute Gasteiger partial charge is 0.399 e. The number of benzene rings is 2. The zero-order valence-corrected chi connectivity index (χ0v) is 11.0. The number of anilines is 3. The Balaban J connectivity index is 2.33. The highest BCUT2D eigenvalue weighted by molar-refractivity contribution is 6.08. The van der Waals surface area contributed by atoms with E-state index < -0.39 is 0 Å². The predicted molar refractivity (Wildman–Crippen MR) is 79.1 cm³/mol. The molecule has 0 saturated heterocycles. The molecule has 0 aromatic heterocycles. The Morgan fingerprint density at radius 1 is 1.25 bits per heavy atom. The van der Waals surface area contributed by atoms with E-state index in [0.29, 0.717) is 28.2 Å². The smallest absolute Gasteiger partial charge is 0.257 e. The summed E-state index contributed by atoms with van der Waals surface area (Å²) in [5, 5.41) is 11.8. The summed E-state index contributed by atoms with van der Waals surface area (Å²) < 4.78 is 0. The van der Waals surface area contributed by atoms with Crippen LogP contribution in [0.4, 0.5) is 17.1 Å². The van der Waals surface area contributed by atoms with Gasteiger partial charge in [-0.05, 0) is 36.8 Å². The third-order valence-corrected chi connectivity index (χ3v) is 2.95. The molecule has 5 N–H and O–H groups in total. The minimum atomic E-state index is -0.371. The van der Waals surface area contributed by atoms with E-state index >= 15 is 0 Å². The van der Waals surface area contributed by atoms with Crippen LogP contribution >= 0.6 is 0 Å². The fraction of sp³-hybridized carbons (Fsp3) is 0.0667. The maximum absolute atomic E-state index is 12.2. The van der Waals surface area contributed by atoms with E-state index in [9.17, 15) is 4.79 Å². The molecule has 0 aliphatic rings. The molecule has 1 amide bonds. The molecule has 2 aromatic rings. The molecule has 0 aliphatic carbocycles. The standard InChI is InChI=1S/C15H14N4O/c1-9-3-2-4-14(12(9)8-16)19-15(20)11-6-5-10(17)7-13(11)18/h2-7H,17-18H2,1H3,(H,19,20). The quantitative estimate of drug-likeness (QED) is 0.725. The van der Waals surface area contributed by atoms with Crippen LogP contribution in [-0.4, -0.2) is 5.91 Å². The van der Waals surface area contributed by atoms with Crippen LogP contribution in [0.25, 0.3) is 0 Å². The lowest BCUT2D eigenvalue weighted by Gasteiger charge is -2.10. The number of nitrogens with zero attached hydrogens (tertiary/aromatic N) is 1. The molecule has 0 bridgehead atoms. The van der Waals surface area contributed by atoms with Crippen LogP contribution in [0.3, 0.4) is 0 Å². The zero-order valence-electron chi connectivity index (χ0n) is 11.0. The first kappa shape index (κ1) is 13.4. The molecule has 5 heteroatoms. The summed E-state index contributed by atoms with van der Waals surface area (Å²) in [6.45, 7) is 1.81. The minimum absolute atomic E-state index is 0.300. The van der Waals surface area contributed by atoms with Crippen molar-refractivity contribution in [2.24, 2.45) is 0 Å². The first-order valence-electron chi connectivity index (χ1n) is 5.99. The Bertz CT molecular complexity index is 716. The highest BCUT2D eigenvalue weighted by Crippen LogP contribution is 2.21. The molecule has 0 spiro atoms. The summed E-state index contributed by atoms with van der Waals surface area (Å²) >= 11 is 0. The van der Waals surface area contributed by atoms with E-state index in [1.807, 2.05) is 13.0 Å². The molecular weight excluding hydrogens is 252 g/mol. The predicted octanol–water partition coefficient (Wildman–Crippen LogP) is 2.28. The Hall–Kier alpha value is -3.00. The van der Waals surface area contributed by atoms with Crippen LogP contribution < -0.4 is 16.8 Å². The molecule has 2 rings (SSSR count). The van der Waals surface area contributed by atoms with Gasteiger partial charge in [0.15, 0.2) is 0 Å². The lowest BCUT2D eigenvalue weighted by atomic mass is 10.1. The van der Waals surface area contributed by atoms with Crippen LogP contribution in [0.5, 0.6) is 0 Å². The number of nitrogens with two attached hydrogens (primary N) is 2. The molecule has 5 nitrogen and oxygen atoms in total. The highest BCUT2D eigenvalue weighted by Gasteiger charge is 2.13. The van der Waals surface area contributed by atoms with Gasteiger partial charge in [-0.25, -0.2) is 0 Å². The number of carbonyl (C=O) groups excluding carboxylic acids is 1. The van der Waals surface area contributed by atoms with Crippen molar-refractivity contribution in [3.05, 3.63) is 53.1 Å². The van der Waals surface area contributed by atoms with Crippen molar-refractivity contribution in [2.75, 3.05) is 16.8 Å². The Labute approximate surface area is 116 Å². The summed E-state index contributed by atoms with van der Waals surface area (Å²) in [5.74, 6) is -0.371. The fourth-order valence-electron chi connectivity index (χ4n) is 1.90. The molecule has 0 radical (unpaired) electrons. The van der Waals surface area contributed by atoms with Gasteiger partial charge in [-0.1, -0.05) is 12.1 Å². The number of nitriles is 1. The van der Waals surface area contributed by atoms with Gasteiger partial charge in [0, 0.05) is 11.4 Å². The van der Waals surface area contributed by atoms with Crippen molar-refractivity contribution in [1.82, 2.24) is 0 Å². The summed E-state index contributed by atoms with van der Waals surface area (Å²) in [6, 6.07) is 12.0. The second-order valence-corrected chi connectivity index (χ2v) is 4.41. The Morgan fingerprint density at radius 2 is 2.00 bits per heavy atom. The van der Waals surface area contributed by atoms with Crippen molar-refractivity contribution in [3.63, 3.8) is 0 Å². The van der Waals surface area contributed by atoms with Crippen molar-refractivity contribution in [1.29, 1.82) is 5.26 Å². The van der Waals surface area contributed by atoms with Crippen molar-refractivity contribution < 1.29 is 4.79 Å². The summed E-state index contributed by atoms with van der Waals surface area (Å²) in [5.41, 5.74) is 14.2. The van der Waals surface area contributed by atoms with Gasteiger partial charge in [-0.15, -0.1) is 0 Å². The SMILES string of the molecule is Cc1cccc(NC(=O)c2ccc(N)cc2N)c1C#N. The number of hydrogen-bond donors (Lipinski definition) is 3. The van der Waals surface area contributed by atoms with Crippen LogP contribution in [0.2, 0.25) is 0 Å². The second-order valence-electron chi connectivity index (χ2n) is 4.41. The van der Waals surface area contributed by atoms with E-state index in [1.165, 1.54) is 6.07 Å². The summed E-state index contributed by atoms with van der Waals surface area (Å²) in [4.78, 5) is 12.2. The van der Waals surface area contributed by atoms with E-state index in [0.717, 1.165) is 5.56 Å². The topological polar surface area (TPSA) is 105 Å². The molecule has 0 unspecified atom stereocenters. The van der Waals surface area contributed by atoms with Crippen molar-refractivity contribution in [3.8, 4) is 6.07 Å². The monoisotopic (exact) mass is 266 g/mol. The van der Waals surface area contributed by atoms with Gasteiger partial charge < -0.3 is 16.8 Å². The molecule has 100 valence electrons. The first-order chi connectivity index (χ1) is 9.52. The molecule has 20 heavy (non-hydrogen) atoms. The maximum atomic E-state index is 12.2. The van der Waals surface area contributed by atoms with Crippen molar-refractivity contribution in [2.45, 2.75) is 6.92 Å². The summed E-state index contributed by atoms with van der Waals surface area (Å²) in [7, 11) is 0. The van der Waals surface area contributed by atoms with Crippen LogP contribution in [0.15, 0.2) is 36.4 Å². The maximum Gasteiger partial charge on any atom is 0.257 e. The molecule has 0 atom stereocenters. The number of carbonyl (C=O) groups is 1. The van der Waals surface area contributed by atoms with E-state index in [-0.39, 0.29) is 5.91 Å². The number of nitrogen functional groups attached to an aromatic ring is 2. The minimum Gasteiger partial charge on any atom is -0.399 e. The number of nitrogens with one attached hydrogen (secondary N) is 1. The van der Waals surface area contributed by atoms with Gasteiger partial charge in [0.2, 0.25) is 0 Å². The third-order valence-electron chi connectivity index (χ3n) is 2.95. The lowest BCUT2D eigenvalue weighted by Crippen LogP contribution is -2.15. The Kier molecular flexibility index (Phi) is 3.58. The molecule has 0 heterocycles. The van der Waals surface area contributed by atoms with Crippen LogP contribution in [-0.2, 0) is 0 Å². The average Bonchev–Trinajstić information content (AvgIpc) is 2.38. The van der Waals surface area contributed by atoms with Gasteiger partial charge in [0.1, 0.15) is 6.07 Å². The number of amides is 1. The van der Waals surface area contributed by atoms with Gasteiger partial charge in [-0.3, -0.25) is 4.79 Å². The first-order valence-corrected chi connectivity index (χ1v) is 5.99. The van der Waals surface area contributed by atoms with E-state index in [1.54, 1.807) is 24.3 Å². The zero-order chi connectivity index (χ0) is 14.7. The number of aryl methyl sites for hydroxylation is 1. The molecule has 0 aliphatic heterocycles. The van der Waals surface area contributed by atoms with Gasteiger partial charge in [0.05, 0.1) is 16.8 Å². The van der Waals surface area contributed by atoms with Crippen LogP contribution in [0.1, 0.15) is 21.5 Å². The van der Waals surface area contributed by atoms with E-state index in [4.69, 9.17) is 16.7 Å². The average molecular weight is 266 g/mol. The van der Waals surface area contributed by atoms with Crippen LogP contribution in [0, 0.1) is 18.3 Å². The second kappa shape index (κ2) is 5.33. The van der Waals surface area contributed by atoms with Gasteiger partial charge in [0.25, 0.3) is 5.91 Å². The summed E-state index contributed by atoms with van der Waals surface area (Å²) in [6.07, 6.45) is 0. The molecular formula is C15H14N4O. The molecule has 2 aromatic carbocycles. The molecule has 0 saturated carbocycles. The van der Waals surface area contributed by atoms with Gasteiger partial charge >= 0.3 is 0 Å². The number of hydrogen-bond acceptors (Lipinski definition) is 4. The molecule has 0 fully saturated rings. The highest BCUT2D eigenvalue weighted by atomic mass is 16.1. The third kappa shape index (κ3) is 2.54.